The number of aromatic nitrogens is 2. The second-order valence-corrected chi connectivity index (χ2v) is 5.90. The zero-order chi connectivity index (χ0) is 16.1. The molecule has 0 N–H and O–H groups in total. The van der Waals surface area contributed by atoms with Gasteiger partial charge in [0.25, 0.3) is 5.56 Å². The summed E-state index contributed by atoms with van der Waals surface area (Å²) in [5, 5.41) is 0. The fraction of sp³-hybridized carbons (Fsp3) is 0.444. The molecule has 3 rings (SSSR count). The molecular formula is C18H23N3O2. The number of aryl methyl sites for hydroxylation is 1. The van der Waals surface area contributed by atoms with E-state index in [9.17, 15) is 4.79 Å². The molecular weight excluding hydrogens is 290 g/mol. The van der Waals surface area contributed by atoms with E-state index in [4.69, 9.17) is 4.74 Å². The van der Waals surface area contributed by atoms with Crippen molar-refractivity contribution < 1.29 is 4.74 Å². The molecule has 1 aliphatic heterocycles. The summed E-state index contributed by atoms with van der Waals surface area (Å²) in [7, 11) is 1.62. The van der Waals surface area contributed by atoms with Crippen molar-refractivity contribution in [2.45, 2.75) is 32.4 Å². The lowest BCUT2D eigenvalue weighted by Crippen LogP contribution is -2.32. The van der Waals surface area contributed by atoms with E-state index in [2.05, 4.69) is 22.0 Å². The van der Waals surface area contributed by atoms with E-state index in [-0.39, 0.29) is 5.56 Å². The van der Waals surface area contributed by atoms with Crippen LogP contribution in [0.25, 0.3) is 0 Å². The minimum atomic E-state index is 0.00452. The summed E-state index contributed by atoms with van der Waals surface area (Å²) >= 11 is 0. The van der Waals surface area contributed by atoms with E-state index >= 15 is 0 Å². The van der Waals surface area contributed by atoms with Gasteiger partial charge in [0, 0.05) is 32.8 Å². The molecule has 0 saturated carbocycles. The van der Waals surface area contributed by atoms with Gasteiger partial charge < -0.3 is 9.64 Å². The average molecular weight is 313 g/mol. The maximum atomic E-state index is 12.6. The van der Waals surface area contributed by atoms with Crippen molar-refractivity contribution in [1.29, 1.82) is 0 Å². The van der Waals surface area contributed by atoms with Crippen molar-refractivity contribution in [1.82, 2.24) is 9.55 Å². The number of anilines is 1. The molecule has 0 unspecified atom stereocenters. The Morgan fingerprint density at radius 1 is 1.17 bits per heavy atom. The Bertz CT molecular complexity index is 691. The molecule has 0 spiro atoms. The van der Waals surface area contributed by atoms with Crippen molar-refractivity contribution in [3.8, 4) is 0 Å². The molecule has 0 radical (unpaired) electrons. The minimum absolute atomic E-state index is 0.00452. The highest BCUT2D eigenvalue weighted by Gasteiger charge is 2.19. The van der Waals surface area contributed by atoms with E-state index in [1.165, 1.54) is 5.56 Å². The number of hydrogen-bond donors (Lipinski definition) is 0. The van der Waals surface area contributed by atoms with Gasteiger partial charge in [0.05, 0.1) is 12.3 Å². The summed E-state index contributed by atoms with van der Waals surface area (Å²) in [5.74, 6) is 0.790. The van der Waals surface area contributed by atoms with E-state index in [1.54, 1.807) is 17.7 Å². The molecule has 1 aromatic carbocycles. The van der Waals surface area contributed by atoms with Crippen molar-refractivity contribution in [3.05, 3.63) is 58.0 Å². The third kappa shape index (κ3) is 3.79. The van der Waals surface area contributed by atoms with Crippen LogP contribution in [0.3, 0.4) is 0 Å². The standard InChI is InChI=1S/C18H23N3O2/c1-23-14-16-13-17(22)21(12-9-15-7-3-2-4-8-15)18(19-16)20-10-5-6-11-20/h2-4,7-8,13H,5-6,9-12,14H2,1H3. The van der Waals surface area contributed by atoms with Crippen LogP contribution in [-0.2, 0) is 24.3 Å². The smallest absolute Gasteiger partial charge is 0.255 e. The van der Waals surface area contributed by atoms with Gasteiger partial charge in [-0.2, -0.15) is 0 Å². The van der Waals surface area contributed by atoms with Crippen molar-refractivity contribution in [2.24, 2.45) is 0 Å². The quantitative estimate of drug-likeness (QED) is 0.820. The van der Waals surface area contributed by atoms with Gasteiger partial charge in [-0.25, -0.2) is 4.98 Å². The van der Waals surface area contributed by atoms with Crippen LogP contribution >= 0.6 is 0 Å². The largest absolute Gasteiger partial charge is 0.378 e. The molecule has 0 bridgehead atoms. The summed E-state index contributed by atoms with van der Waals surface area (Å²) < 4.78 is 6.94. The van der Waals surface area contributed by atoms with Crippen molar-refractivity contribution >= 4 is 5.95 Å². The van der Waals surface area contributed by atoms with Crippen LogP contribution in [-0.4, -0.2) is 29.8 Å². The Hall–Kier alpha value is -2.14. The predicted octanol–water partition coefficient (Wildman–Crippen LogP) is 2.23. The molecule has 1 saturated heterocycles. The van der Waals surface area contributed by atoms with Crippen LogP contribution < -0.4 is 10.5 Å². The zero-order valence-corrected chi connectivity index (χ0v) is 13.6. The highest BCUT2D eigenvalue weighted by atomic mass is 16.5. The van der Waals surface area contributed by atoms with Gasteiger partial charge in [-0.1, -0.05) is 30.3 Å². The number of ether oxygens (including phenoxy) is 1. The molecule has 1 fully saturated rings. The Kier molecular flexibility index (Phi) is 5.08. The number of nitrogens with zero attached hydrogens (tertiary/aromatic N) is 3. The van der Waals surface area contributed by atoms with E-state index in [1.807, 2.05) is 18.2 Å². The van der Waals surface area contributed by atoms with Crippen LogP contribution in [0.15, 0.2) is 41.2 Å². The van der Waals surface area contributed by atoms with Crippen LogP contribution in [0.5, 0.6) is 0 Å². The number of methoxy groups -OCH3 is 1. The Morgan fingerprint density at radius 2 is 1.91 bits per heavy atom. The van der Waals surface area contributed by atoms with Gasteiger partial charge in [0.2, 0.25) is 5.95 Å². The molecule has 122 valence electrons. The fourth-order valence-electron chi connectivity index (χ4n) is 3.02. The highest BCUT2D eigenvalue weighted by Crippen LogP contribution is 2.18. The highest BCUT2D eigenvalue weighted by molar-refractivity contribution is 5.33. The lowest BCUT2D eigenvalue weighted by molar-refractivity contribution is 0.181. The molecule has 2 heterocycles. The van der Waals surface area contributed by atoms with E-state index in [0.717, 1.165) is 38.3 Å². The Labute approximate surface area is 136 Å². The summed E-state index contributed by atoms with van der Waals surface area (Å²) in [5.41, 5.74) is 1.94. The molecule has 0 aliphatic carbocycles. The fourth-order valence-corrected chi connectivity index (χ4v) is 3.02. The van der Waals surface area contributed by atoms with Gasteiger partial charge in [-0.3, -0.25) is 9.36 Å². The van der Waals surface area contributed by atoms with Crippen LogP contribution in [0.4, 0.5) is 5.95 Å². The molecule has 5 heteroatoms. The summed E-state index contributed by atoms with van der Waals surface area (Å²) in [6.07, 6.45) is 3.14. The molecule has 0 amide bonds. The number of hydrogen-bond acceptors (Lipinski definition) is 4. The molecule has 0 atom stereocenters. The first-order chi connectivity index (χ1) is 11.3. The summed E-state index contributed by atoms with van der Waals surface area (Å²) in [4.78, 5) is 19.4. The second-order valence-electron chi connectivity index (χ2n) is 5.90. The van der Waals surface area contributed by atoms with Gasteiger partial charge >= 0.3 is 0 Å². The molecule has 1 aliphatic rings. The van der Waals surface area contributed by atoms with Gasteiger partial charge in [-0.05, 0) is 24.8 Å². The van der Waals surface area contributed by atoms with Crippen LogP contribution in [0.1, 0.15) is 24.1 Å². The molecule has 5 nitrogen and oxygen atoms in total. The van der Waals surface area contributed by atoms with Gasteiger partial charge in [-0.15, -0.1) is 0 Å². The summed E-state index contributed by atoms with van der Waals surface area (Å²) in [6.45, 7) is 2.95. The number of benzene rings is 1. The van der Waals surface area contributed by atoms with Gasteiger partial charge in [0.15, 0.2) is 0 Å². The first-order valence-corrected chi connectivity index (χ1v) is 8.16. The maximum absolute atomic E-state index is 12.6. The normalized spacial score (nSPS) is 14.4. The summed E-state index contributed by atoms with van der Waals surface area (Å²) in [6, 6.07) is 11.8. The molecule has 23 heavy (non-hydrogen) atoms. The average Bonchev–Trinajstić information content (AvgIpc) is 3.09. The van der Waals surface area contributed by atoms with Crippen LogP contribution in [0.2, 0.25) is 0 Å². The lowest BCUT2D eigenvalue weighted by atomic mass is 10.1. The predicted molar refractivity (Wildman–Crippen MR) is 90.8 cm³/mol. The monoisotopic (exact) mass is 313 g/mol. The first kappa shape index (κ1) is 15.7. The molecule has 1 aromatic heterocycles. The van der Waals surface area contributed by atoms with Gasteiger partial charge in [0.1, 0.15) is 0 Å². The number of rotatable bonds is 6. The van der Waals surface area contributed by atoms with Crippen LogP contribution in [0, 0.1) is 0 Å². The lowest BCUT2D eigenvalue weighted by Gasteiger charge is -2.22. The second kappa shape index (κ2) is 7.42. The Balaban J connectivity index is 1.88. The van der Waals surface area contributed by atoms with E-state index < -0.39 is 0 Å². The zero-order valence-electron chi connectivity index (χ0n) is 13.6. The Morgan fingerprint density at radius 3 is 2.61 bits per heavy atom. The van der Waals surface area contributed by atoms with Crippen molar-refractivity contribution in [3.63, 3.8) is 0 Å². The van der Waals surface area contributed by atoms with E-state index in [0.29, 0.717) is 18.8 Å². The maximum Gasteiger partial charge on any atom is 0.255 e. The molecule has 2 aromatic rings. The first-order valence-electron chi connectivity index (χ1n) is 8.16. The minimum Gasteiger partial charge on any atom is -0.378 e. The third-order valence-corrected chi connectivity index (χ3v) is 4.19. The topological polar surface area (TPSA) is 47.4 Å². The SMILES string of the molecule is COCc1cc(=O)n(CCc2ccccc2)c(N2CCCC2)n1. The van der Waals surface area contributed by atoms with Crippen molar-refractivity contribution in [2.75, 3.05) is 25.1 Å². The third-order valence-electron chi connectivity index (χ3n) is 4.19.